The zero-order valence-corrected chi connectivity index (χ0v) is 14.8. The Morgan fingerprint density at radius 1 is 1.08 bits per heavy atom. The van der Waals surface area contributed by atoms with Gasteiger partial charge in [-0.2, -0.15) is 0 Å². The number of hydrogen-bond donors (Lipinski definition) is 3. The first-order chi connectivity index (χ1) is 11.7. The number of nitrogens with one attached hydrogen (secondary N) is 1. The lowest BCUT2D eigenvalue weighted by Gasteiger charge is -2.17. The number of hydrogen-bond acceptors (Lipinski definition) is 5. The lowest BCUT2D eigenvalue weighted by atomic mass is 9.95. The molecule has 24 heavy (non-hydrogen) atoms. The van der Waals surface area contributed by atoms with E-state index in [1.807, 2.05) is 36.4 Å². The Balaban J connectivity index is 1.82. The van der Waals surface area contributed by atoms with Crippen LogP contribution in [0.2, 0.25) is 0 Å². The average molecular weight is 394 g/mol. The van der Waals surface area contributed by atoms with Crippen molar-refractivity contribution in [3.63, 3.8) is 0 Å². The fourth-order valence-corrected chi connectivity index (χ4v) is 3.16. The van der Waals surface area contributed by atoms with E-state index < -0.39 is 6.10 Å². The van der Waals surface area contributed by atoms with Gasteiger partial charge >= 0.3 is 0 Å². The molecule has 0 amide bonds. The fraction of sp³-hybridized carbons (Fsp3) is 0.333. The van der Waals surface area contributed by atoms with Crippen LogP contribution in [0.1, 0.15) is 22.8 Å². The topological polar surface area (TPSA) is 71.0 Å². The third kappa shape index (κ3) is 3.89. The van der Waals surface area contributed by atoms with Crippen molar-refractivity contribution in [3.8, 4) is 11.5 Å². The molecule has 0 fully saturated rings. The molecule has 2 aromatic rings. The molecular weight excluding hydrogens is 374 g/mol. The standard InChI is InChI=1S/C18H20BrNO4/c19-14-2-3-15(12(9-14)5-6-20-7-8-21)18(22)13-1-4-16-17(10-13)24-11-23-16/h1-4,9-10,18,20-22H,5-8,11H2. The molecule has 0 saturated heterocycles. The van der Waals surface area contributed by atoms with Gasteiger partial charge in [0.1, 0.15) is 6.10 Å². The first-order valence-corrected chi connectivity index (χ1v) is 8.66. The average Bonchev–Trinajstić information content (AvgIpc) is 3.06. The Hall–Kier alpha value is -1.60. The highest BCUT2D eigenvalue weighted by Crippen LogP contribution is 2.36. The molecule has 1 unspecified atom stereocenters. The lowest BCUT2D eigenvalue weighted by molar-refractivity contribution is 0.173. The fourth-order valence-electron chi connectivity index (χ4n) is 2.75. The zero-order chi connectivity index (χ0) is 16.9. The highest BCUT2D eigenvalue weighted by atomic mass is 79.9. The van der Waals surface area contributed by atoms with Gasteiger partial charge in [0.2, 0.25) is 6.79 Å². The second-order valence-corrected chi connectivity index (χ2v) is 6.50. The van der Waals surface area contributed by atoms with Crippen LogP contribution in [-0.2, 0) is 6.42 Å². The maximum atomic E-state index is 10.8. The van der Waals surface area contributed by atoms with Gasteiger partial charge in [-0.05, 0) is 53.9 Å². The smallest absolute Gasteiger partial charge is 0.231 e. The number of aliphatic hydroxyl groups excluding tert-OH is 2. The maximum absolute atomic E-state index is 10.8. The van der Waals surface area contributed by atoms with Gasteiger partial charge < -0.3 is 25.0 Å². The van der Waals surface area contributed by atoms with Crippen LogP contribution in [0.5, 0.6) is 11.5 Å². The Morgan fingerprint density at radius 2 is 1.92 bits per heavy atom. The van der Waals surface area contributed by atoms with Gasteiger partial charge in [-0.25, -0.2) is 0 Å². The Labute approximate surface area is 149 Å². The van der Waals surface area contributed by atoms with Crippen LogP contribution in [0.3, 0.4) is 0 Å². The number of fused-ring (bicyclic) bond motifs is 1. The summed E-state index contributed by atoms with van der Waals surface area (Å²) in [6.07, 6.45) is 0.0246. The molecule has 0 spiro atoms. The van der Waals surface area contributed by atoms with Crippen molar-refractivity contribution in [1.29, 1.82) is 0 Å². The van der Waals surface area contributed by atoms with E-state index in [1.165, 1.54) is 0 Å². The molecule has 2 aromatic carbocycles. The van der Waals surface area contributed by atoms with E-state index in [1.54, 1.807) is 0 Å². The van der Waals surface area contributed by atoms with Crippen LogP contribution >= 0.6 is 15.9 Å². The summed E-state index contributed by atoms with van der Waals surface area (Å²) >= 11 is 3.49. The molecule has 0 aromatic heterocycles. The third-order valence-electron chi connectivity index (χ3n) is 3.97. The van der Waals surface area contributed by atoms with E-state index in [9.17, 15) is 5.11 Å². The van der Waals surface area contributed by atoms with Gasteiger partial charge in [0.05, 0.1) is 6.61 Å². The van der Waals surface area contributed by atoms with Crippen molar-refractivity contribution in [2.45, 2.75) is 12.5 Å². The number of benzene rings is 2. The van der Waals surface area contributed by atoms with Crippen LogP contribution in [0.4, 0.5) is 0 Å². The Morgan fingerprint density at radius 3 is 2.75 bits per heavy atom. The van der Waals surface area contributed by atoms with Crippen molar-refractivity contribution in [2.24, 2.45) is 0 Å². The minimum Gasteiger partial charge on any atom is -0.454 e. The van der Waals surface area contributed by atoms with E-state index in [2.05, 4.69) is 21.2 Å². The van der Waals surface area contributed by atoms with Crippen molar-refractivity contribution < 1.29 is 19.7 Å². The van der Waals surface area contributed by atoms with Crippen LogP contribution in [0, 0.1) is 0 Å². The predicted octanol–water partition coefficient (Wildman–Crippen LogP) is 2.38. The zero-order valence-electron chi connectivity index (χ0n) is 13.2. The molecule has 0 bridgehead atoms. The molecule has 3 rings (SSSR count). The molecule has 1 atom stereocenters. The quantitative estimate of drug-likeness (QED) is 0.630. The Bertz CT molecular complexity index is 707. The summed E-state index contributed by atoms with van der Waals surface area (Å²) in [5.74, 6) is 1.37. The summed E-state index contributed by atoms with van der Waals surface area (Å²) in [4.78, 5) is 0. The summed E-state index contributed by atoms with van der Waals surface area (Å²) < 4.78 is 11.7. The molecule has 5 nitrogen and oxygen atoms in total. The van der Waals surface area contributed by atoms with Gasteiger partial charge in [0.25, 0.3) is 0 Å². The van der Waals surface area contributed by atoms with Crippen molar-refractivity contribution in [1.82, 2.24) is 5.32 Å². The molecule has 0 radical (unpaired) electrons. The molecule has 1 aliphatic heterocycles. The Kier molecular flexibility index (Phi) is 5.73. The van der Waals surface area contributed by atoms with E-state index in [4.69, 9.17) is 14.6 Å². The molecule has 1 aliphatic rings. The van der Waals surface area contributed by atoms with Crippen molar-refractivity contribution in [2.75, 3.05) is 26.5 Å². The number of ether oxygens (including phenoxy) is 2. The maximum Gasteiger partial charge on any atom is 0.231 e. The van der Waals surface area contributed by atoms with Gasteiger partial charge in [0, 0.05) is 11.0 Å². The number of aliphatic hydroxyl groups is 2. The van der Waals surface area contributed by atoms with Crippen molar-refractivity contribution >= 4 is 15.9 Å². The first kappa shape index (κ1) is 17.2. The summed E-state index contributed by atoms with van der Waals surface area (Å²) in [5, 5.41) is 22.8. The second kappa shape index (κ2) is 7.98. The number of halogens is 1. The minimum atomic E-state index is -0.736. The normalized spacial score (nSPS) is 14.0. The molecular formula is C18H20BrNO4. The lowest BCUT2D eigenvalue weighted by Crippen LogP contribution is -2.21. The van der Waals surface area contributed by atoms with Gasteiger partial charge in [-0.15, -0.1) is 0 Å². The largest absolute Gasteiger partial charge is 0.454 e. The van der Waals surface area contributed by atoms with Gasteiger partial charge in [-0.1, -0.05) is 28.1 Å². The van der Waals surface area contributed by atoms with Crippen molar-refractivity contribution in [3.05, 3.63) is 57.6 Å². The second-order valence-electron chi connectivity index (χ2n) is 5.58. The van der Waals surface area contributed by atoms with E-state index in [-0.39, 0.29) is 13.4 Å². The van der Waals surface area contributed by atoms with Gasteiger partial charge in [0.15, 0.2) is 11.5 Å². The van der Waals surface area contributed by atoms with E-state index >= 15 is 0 Å². The van der Waals surface area contributed by atoms with E-state index in [0.717, 1.165) is 34.1 Å². The molecule has 6 heteroatoms. The summed E-state index contributed by atoms with van der Waals surface area (Å²) in [5.41, 5.74) is 2.69. The molecule has 3 N–H and O–H groups in total. The third-order valence-corrected chi connectivity index (χ3v) is 4.46. The molecule has 0 saturated carbocycles. The monoisotopic (exact) mass is 393 g/mol. The first-order valence-electron chi connectivity index (χ1n) is 7.86. The van der Waals surface area contributed by atoms with Crippen LogP contribution in [0.15, 0.2) is 40.9 Å². The number of rotatable bonds is 7. The molecule has 128 valence electrons. The van der Waals surface area contributed by atoms with Crippen LogP contribution < -0.4 is 14.8 Å². The van der Waals surface area contributed by atoms with E-state index in [0.29, 0.717) is 18.0 Å². The summed E-state index contributed by atoms with van der Waals surface area (Å²) in [6, 6.07) is 11.4. The predicted molar refractivity (Wildman–Crippen MR) is 94.4 cm³/mol. The summed E-state index contributed by atoms with van der Waals surface area (Å²) in [6.45, 7) is 1.63. The van der Waals surface area contributed by atoms with Gasteiger partial charge in [-0.3, -0.25) is 0 Å². The molecule has 1 heterocycles. The highest BCUT2D eigenvalue weighted by molar-refractivity contribution is 9.10. The highest BCUT2D eigenvalue weighted by Gasteiger charge is 2.19. The minimum absolute atomic E-state index is 0.116. The molecule has 0 aliphatic carbocycles. The van der Waals surface area contributed by atoms with Crippen LogP contribution in [-0.4, -0.2) is 36.7 Å². The SMILES string of the molecule is OCCNCCc1cc(Br)ccc1C(O)c1ccc2c(c1)OCO2. The summed E-state index contributed by atoms with van der Waals surface area (Å²) in [7, 11) is 0. The van der Waals surface area contributed by atoms with Crippen LogP contribution in [0.25, 0.3) is 0 Å².